The van der Waals surface area contributed by atoms with Crippen LogP contribution in [0.4, 0.5) is 5.69 Å². The number of hydrogen-bond acceptors (Lipinski definition) is 5. The number of ether oxygens (including phenoxy) is 2. The first-order valence-electron chi connectivity index (χ1n) is 9.86. The molecule has 1 aliphatic rings. The van der Waals surface area contributed by atoms with Gasteiger partial charge in [-0.2, -0.15) is 0 Å². The maximum atomic E-state index is 13.1. The average Bonchev–Trinajstić information content (AvgIpc) is 2.82. The molecule has 0 saturated heterocycles. The van der Waals surface area contributed by atoms with Gasteiger partial charge in [-0.15, -0.1) is 0 Å². The quantitative estimate of drug-likeness (QED) is 0.590. The molecule has 0 unspecified atom stereocenters. The molecule has 0 spiro atoms. The number of hydrogen-bond donors (Lipinski definition) is 1. The van der Waals surface area contributed by atoms with Crippen LogP contribution in [0.1, 0.15) is 10.4 Å². The fourth-order valence-electron chi connectivity index (χ4n) is 3.24. The van der Waals surface area contributed by atoms with Crippen molar-refractivity contribution < 1.29 is 22.7 Å². The molecular formula is C23H21ClN2O5S. The summed E-state index contributed by atoms with van der Waals surface area (Å²) in [5.74, 6) is 0.877. The van der Waals surface area contributed by atoms with Gasteiger partial charge in [0.25, 0.3) is 15.9 Å². The number of sulfonamides is 1. The number of carbonyl (C=O) groups is 1. The predicted octanol–water partition coefficient (Wildman–Crippen LogP) is 3.73. The van der Waals surface area contributed by atoms with Crippen LogP contribution in [0.25, 0.3) is 0 Å². The van der Waals surface area contributed by atoms with Crippen molar-refractivity contribution in [1.29, 1.82) is 0 Å². The van der Waals surface area contributed by atoms with Crippen molar-refractivity contribution in [3.63, 3.8) is 0 Å². The Morgan fingerprint density at radius 2 is 1.81 bits per heavy atom. The van der Waals surface area contributed by atoms with Crippen molar-refractivity contribution in [2.75, 3.05) is 24.5 Å². The Balaban J connectivity index is 1.45. The molecule has 1 atom stereocenters. The molecule has 0 aromatic heterocycles. The summed E-state index contributed by atoms with van der Waals surface area (Å²) in [7, 11) is -2.45. The number of anilines is 1. The lowest BCUT2D eigenvalue weighted by atomic mass is 10.2. The second-order valence-electron chi connectivity index (χ2n) is 7.19. The van der Waals surface area contributed by atoms with E-state index in [0.717, 1.165) is 4.31 Å². The third-order valence-electron chi connectivity index (χ3n) is 4.98. The van der Waals surface area contributed by atoms with Crippen molar-refractivity contribution in [2.24, 2.45) is 0 Å². The number of nitrogens with zero attached hydrogens (tertiary/aromatic N) is 1. The average molecular weight is 473 g/mol. The van der Waals surface area contributed by atoms with Gasteiger partial charge in [0.15, 0.2) is 11.5 Å². The SMILES string of the molecule is CN(c1cccc(Cl)c1)S(=O)(=O)c1cccc(C(=O)NC[C@H]2COc3ccccc3O2)c1. The smallest absolute Gasteiger partial charge is 0.264 e. The highest BCUT2D eigenvalue weighted by molar-refractivity contribution is 7.92. The normalized spacial score (nSPS) is 15.1. The first-order chi connectivity index (χ1) is 15.3. The van der Waals surface area contributed by atoms with E-state index in [1.54, 1.807) is 36.4 Å². The minimum absolute atomic E-state index is 0.00111. The molecule has 3 aromatic carbocycles. The van der Waals surface area contributed by atoms with Crippen molar-refractivity contribution in [3.05, 3.63) is 83.4 Å². The zero-order valence-electron chi connectivity index (χ0n) is 17.2. The lowest BCUT2D eigenvalue weighted by molar-refractivity contribution is 0.0789. The first kappa shape index (κ1) is 22.0. The Hall–Kier alpha value is -3.23. The van der Waals surface area contributed by atoms with Gasteiger partial charge in [0.1, 0.15) is 12.7 Å². The van der Waals surface area contributed by atoms with Crippen LogP contribution >= 0.6 is 11.6 Å². The van der Waals surface area contributed by atoms with Crippen LogP contribution in [-0.2, 0) is 10.0 Å². The number of carbonyl (C=O) groups excluding carboxylic acids is 1. The van der Waals surface area contributed by atoms with Gasteiger partial charge >= 0.3 is 0 Å². The van der Waals surface area contributed by atoms with Gasteiger partial charge in [-0.1, -0.05) is 35.9 Å². The third kappa shape index (κ3) is 4.66. The molecule has 1 aliphatic heterocycles. The molecule has 3 aromatic rings. The molecule has 9 heteroatoms. The molecule has 0 aliphatic carbocycles. The third-order valence-corrected chi connectivity index (χ3v) is 7.00. The summed E-state index contributed by atoms with van der Waals surface area (Å²) >= 11 is 5.99. The topological polar surface area (TPSA) is 84.9 Å². The molecule has 0 fully saturated rings. The standard InChI is InChI=1S/C23H21ClN2O5S/c1-26(18-8-5-7-17(24)13-18)32(28,29)20-9-4-6-16(12-20)23(27)25-14-19-15-30-21-10-2-3-11-22(21)31-19/h2-13,19H,14-15H2,1H3,(H,25,27)/t19-/m0/s1. The van der Waals surface area contributed by atoms with Gasteiger partial charge in [-0.05, 0) is 48.5 Å². The van der Waals surface area contributed by atoms with Gasteiger partial charge in [-0.25, -0.2) is 8.42 Å². The molecule has 0 bridgehead atoms. The highest BCUT2D eigenvalue weighted by atomic mass is 35.5. The van der Waals surface area contributed by atoms with Crippen LogP contribution < -0.4 is 19.1 Å². The Morgan fingerprint density at radius 3 is 2.59 bits per heavy atom. The molecule has 1 heterocycles. The summed E-state index contributed by atoms with van der Waals surface area (Å²) in [6.45, 7) is 0.517. The highest BCUT2D eigenvalue weighted by Crippen LogP contribution is 2.30. The van der Waals surface area contributed by atoms with Crippen molar-refractivity contribution >= 4 is 33.2 Å². The fourth-order valence-corrected chi connectivity index (χ4v) is 4.66. The molecule has 1 amide bonds. The van der Waals surface area contributed by atoms with E-state index >= 15 is 0 Å². The summed E-state index contributed by atoms with van der Waals surface area (Å²) in [6.07, 6.45) is -0.352. The zero-order chi connectivity index (χ0) is 22.7. The Labute approximate surface area is 191 Å². The number of amides is 1. The first-order valence-corrected chi connectivity index (χ1v) is 11.7. The number of rotatable bonds is 6. The number of para-hydroxylation sites is 2. The maximum absolute atomic E-state index is 13.1. The van der Waals surface area contributed by atoms with Crippen LogP contribution in [-0.4, -0.2) is 40.6 Å². The van der Waals surface area contributed by atoms with Crippen molar-refractivity contribution in [3.8, 4) is 11.5 Å². The van der Waals surface area contributed by atoms with E-state index in [2.05, 4.69) is 5.32 Å². The van der Waals surface area contributed by atoms with Crippen LogP contribution in [0.2, 0.25) is 5.02 Å². The summed E-state index contributed by atoms with van der Waals surface area (Å²) in [6, 6.07) is 19.7. The summed E-state index contributed by atoms with van der Waals surface area (Å²) in [5.41, 5.74) is 0.643. The Morgan fingerprint density at radius 1 is 1.06 bits per heavy atom. The zero-order valence-corrected chi connectivity index (χ0v) is 18.8. The van der Waals surface area contributed by atoms with E-state index in [9.17, 15) is 13.2 Å². The van der Waals surface area contributed by atoms with Crippen molar-refractivity contribution in [1.82, 2.24) is 5.32 Å². The number of fused-ring (bicyclic) bond motifs is 1. The predicted molar refractivity (Wildman–Crippen MR) is 122 cm³/mol. The van der Waals surface area contributed by atoms with Crippen LogP contribution in [0.15, 0.2) is 77.7 Å². The molecule has 7 nitrogen and oxygen atoms in total. The van der Waals surface area contributed by atoms with Gasteiger partial charge < -0.3 is 14.8 Å². The molecule has 0 radical (unpaired) electrons. The second kappa shape index (κ2) is 9.10. The van der Waals surface area contributed by atoms with Crippen molar-refractivity contribution in [2.45, 2.75) is 11.0 Å². The van der Waals surface area contributed by atoms with Gasteiger partial charge in [0.2, 0.25) is 0 Å². The van der Waals surface area contributed by atoms with E-state index in [1.165, 1.54) is 25.2 Å². The molecule has 0 saturated carbocycles. The number of halogens is 1. The molecule has 32 heavy (non-hydrogen) atoms. The molecule has 166 valence electrons. The maximum Gasteiger partial charge on any atom is 0.264 e. The summed E-state index contributed by atoms with van der Waals surface area (Å²) < 4.78 is 38.7. The number of nitrogens with one attached hydrogen (secondary N) is 1. The van der Waals surface area contributed by atoms with E-state index in [1.807, 2.05) is 18.2 Å². The van der Waals surface area contributed by atoms with E-state index < -0.39 is 15.9 Å². The van der Waals surface area contributed by atoms with Gasteiger partial charge in [-0.3, -0.25) is 9.10 Å². The van der Waals surface area contributed by atoms with Crippen LogP contribution in [0.5, 0.6) is 11.5 Å². The second-order valence-corrected chi connectivity index (χ2v) is 9.59. The molecule has 1 N–H and O–H groups in total. The Kier molecular flexibility index (Phi) is 6.25. The molecular weight excluding hydrogens is 452 g/mol. The van der Waals surface area contributed by atoms with Gasteiger partial charge in [0, 0.05) is 17.6 Å². The Bertz CT molecular complexity index is 1250. The van der Waals surface area contributed by atoms with E-state index in [0.29, 0.717) is 28.8 Å². The summed E-state index contributed by atoms with van der Waals surface area (Å²) in [5, 5.41) is 3.20. The van der Waals surface area contributed by atoms with Gasteiger partial charge in [0.05, 0.1) is 17.1 Å². The monoisotopic (exact) mass is 472 g/mol. The largest absolute Gasteiger partial charge is 0.486 e. The minimum Gasteiger partial charge on any atom is -0.486 e. The van der Waals surface area contributed by atoms with E-state index in [4.69, 9.17) is 21.1 Å². The lowest BCUT2D eigenvalue weighted by Crippen LogP contribution is -2.40. The number of benzene rings is 3. The molecule has 4 rings (SSSR count). The fraction of sp³-hybridized carbons (Fsp3) is 0.174. The minimum atomic E-state index is -3.88. The van der Waals surface area contributed by atoms with Crippen LogP contribution in [0.3, 0.4) is 0 Å². The summed E-state index contributed by atoms with van der Waals surface area (Å²) in [4.78, 5) is 12.7. The highest BCUT2D eigenvalue weighted by Gasteiger charge is 2.24. The van der Waals surface area contributed by atoms with E-state index in [-0.39, 0.29) is 23.1 Å². The lowest BCUT2D eigenvalue weighted by Gasteiger charge is -2.26. The van der Waals surface area contributed by atoms with Crippen LogP contribution in [0, 0.1) is 0 Å².